The molecule has 83 heavy (non-hydrogen) atoms. The van der Waals surface area contributed by atoms with Gasteiger partial charge < -0.3 is 36.8 Å². The molecule has 0 saturated heterocycles. The maximum Gasteiger partial charge on any atom is 0.268 e. The molecule has 2 atom stereocenters. The van der Waals surface area contributed by atoms with E-state index in [-0.39, 0.29) is 43.5 Å². The Bertz CT molecular complexity index is 2180. The number of phosphoric ester groups is 2. The van der Waals surface area contributed by atoms with Crippen molar-refractivity contribution >= 4 is 15.6 Å². The maximum atomic E-state index is 11.7. The smallest absolute Gasteiger partial charge is 0.268 e. The number of hydrogen-bond donors (Lipinski definition) is 0. The quantitative estimate of drug-likeness (QED) is 0.00766. The maximum absolute atomic E-state index is 11.7. The molecule has 0 aliphatic rings. The fourth-order valence-electron chi connectivity index (χ4n) is 9.18. The summed E-state index contributed by atoms with van der Waals surface area (Å²) in [6.45, 7) is 2.03. The molecule has 479 valence electrons. The number of aromatic nitrogens is 3. The largest absolute Gasteiger partial charge is 0.756 e. The van der Waals surface area contributed by atoms with Gasteiger partial charge in [-0.15, -0.1) is 11.5 Å². The number of likely N-dealkylation sites (N-methyl/N-ethyl adjacent to an activating group) is 2. The van der Waals surface area contributed by atoms with Gasteiger partial charge >= 0.3 is 0 Å². The summed E-state index contributed by atoms with van der Waals surface area (Å²) in [5.41, 5.74) is 13.2. The summed E-state index contributed by atoms with van der Waals surface area (Å²) in [5, 5.41) is 11.1. The molecule has 0 aliphatic carbocycles. The predicted molar refractivity (Wildman–Crippen MR) is 336 cm³/mol. The number of unbranched alkanes of at least 4 members (excludes halogenated alkanes) is 30. The van der Waals surface area contributed by atoms with Crippen LogP contribution in [0.2, 0.25) is 0 Å². The van der Waals surface area contributed by atoms with Gasteiger partial charge in [-0.3, -0.25) is 13.8 Å². The van der Waals surface area contributed by atoms with E-state index in [0.717, 1.165) is 68.2 Å². The van der Waals surface area contributed by atoms with Gasteiger partial charge in [0.05, 0.1) is 61.7 Å². The Labute approximate surface area is 515 Å². The van der Waals surface area contributed by atoms with E-state index in [1.807, 2.05) is 67.7 Å². The van der Waals surface area contributed by atoms with Crippen LogP contribution < -0.4 is 9.79 Å². The molecule has 2 unspecified atom stereocenters. The molecule has 0 aliphatic heterocycles. The summed E-state index contributed by atoms with van der Waals surface area (Å²) < 4.78 is 46.3. The minimum absolute atomic E-state index is 0. The molecule has 0 amide bonds. The van der Waals surface area contributed by atoms with E-state index >= 15 is 0 Å². The number of quaternary nitrogens is 2. The van der Waals surface area contributed by atoms with Crippen molar-refractivity contribution in [1.82, 2.24) is 15.0 Å². The average Bonchev–Trinajstić information content (AvgIpc) is 3.92. The van der Waals surface area contributed by atoms with Crippen LogP contribution >= 0.6 is 15.6 Å². The van der Waals surface area contributed by atoms with Gasteiger partial charge in [0.25, 0.3) is 15.6 Å². The minimum atomic E-state index is -4.15. The molecular formula is C64H114CuN8O8P2. The third-order valence-electron chi connectivity index (χ3n) is 14.3. The first-order valence-corrected chi connectivity index (χ1v) is 34.5. The summed E-state index contributed by atoms with van der Waals surface area (Å²) in [4.78, 5) is 25.8. The molecule has 16 nitrogen and oxygen atoms in total. The molecule has 1 radical (unpaired) electrons. The number of phosphoric acid groups is 2. The second kappa shape index (κ2) is 51.2. The minimum Gasteiger partial charge on any atom is -0.756 e. The normalized spacial score (nSPS) is 12.8. The van der Waals surface area contributed by atoms with Crippen LogP contribution in [0.5, 0.6) is 0 Å². The first kappa shape index (κ1) is 80.1. The summed E-state index contributed by atoms with van der Waals surface area (Å²) >= 11 is 0. The molecular weight excluding hydrogens is 1130 g/mol. The fraction of sp³-hybridized carbons (Fsp3) is 0.750. The Balaban J connectivity index is 0.00000151. The monoisotopic (exact) mass is 1250 g/mol. The van der Waals surface area contributed by atoms with Crippen LogP contribution in [-0.4, -0.2) is 113 Å². The molecule has 0 bridgehead atoms. The van der Waals surface area contributed by atoms with Crippen LogP contribution in [0.1, 0.15) is 222 Å². The molecule has 0 fully saturated rings. The fourth-order valence-corrected chi connectivity index (χ4v) is 10.6. The molecule has 1 heterocycles. The van der Waals surface area contributed by atoms with Crippen molar-refractivity contribution in [1.29, 1.82) is 0 Å². The molecule has 19 heteroatoms. The van der Waals surface area contributed by atoms with Crippen LogP contribution in [0, 0.1) is 12.3 Å². The Hall–Kier alpha value is -2.89. The Morgan fingerprint density at radius 3 is 1.06 bits per heavy atom. The van der Waals surface area contributed by atoms with Crippen molar-refractivity contribution in [3.05, 3.63) is 81.9 Å². The van der Waals surface area contributed by atoms with E-state index < -0.39 is 15.6 Å². The van der Waals surface area contributed by atoms with E-state index in [9.17, 15) is 18.9 Å². The Morgan fingerprint density at radius 1 is 0.518 bits per heavy atom. The van der Waals surface area contributed by atoms with Gasteiger partial charge in [-0.05, 0) is 67.3 Å². The van der Waals surface area contributed by atoms with E-state index in [1.165, 1.54) is 185 Å². The first-order valence-electron chi connectivity index (χ1n) is 31.5. The van der Waals surface area contributed by atoms with Crippen molar-refractivity contribution in [3.8, 4) is 23.6 Å². The SMILES string of the molecule is C#Cc1ccc(CCCCCCCCCCCCCCCCCCOP(=O)([O-])OCC[N+](C)(C)C)cc1.CN=[N+]=[N-].Cn1cc(-c2ccc(CCCCCCCCCCCCCCCCCCOP(=O)([O-])OCC[N+](C)(C)C)cc2)nn1.[Cu]. The van der Waals surface area contributed by atoms with Crippen molar-refractivity contribution in [2.45, 2.75) is 218 Å². The summed E-state index contributed by atoms with van der Waals surface area (Å²) in [7, 11) is 6.96. The predicted octanol–water partition coefficient (Wildman–Crippen LogP) is 16.1. The third-order valence-corrected chi connectivity index (χ3v) is 16.3. The van der Waals surface area contributed by atoms with Gasteiger partial charge in [0.1, 0.15) is 32.0 Å². The van der Waals surface area contributed by atoms with Gasteiger partial charge in [-0.25, -0.2) is 0 Å². The van der Waals surface area contributed by atoms with Crippen LogP contribution in [0.3, 0.4) is 0 Å². The zero-order valence-electron chi connectivity index (χ0n) is 53.1. The number of benzene rings is 2. The van der Waals surface area contributed by atoms with E-state index in [1.54, 1.807) is 4.68 Å². The van der Waals surface area contributed by atoms with Gasteiger partial charge in [0, 0.05) is 47.2 Å². The number of rotatable bonds is 49. The van der Waals surface area contributed by atoms with Gasteiger partial charge in [-0.1, -0.05) is 232 Å². The zero-order chi connectivity index (χ0) is 60.5. The molecule has 2 aromatic carbocycles. The van der Waals surface area contributed by atoms with Crippen LogP contribution in [0.15, 0.2) is 59.8 Å². The number of hydrogen-bond acceptors (Lipinski definition) is 11. The Kier molecular flexibility index (Phi) is 49.4. The number of azide groups is 1. The third kappa shape index (κ3) is 52.0. The van der Waals surface area contributed by atoms with Crippen molar-refractivity contribution in [3.63, 3.8) is 0 Å². The number of terminal acetylenes is 1. The molecule has 1 aromatic heterocycles. The van der Waals surface area contributed by atoms with Crippen molar-refractivity contribution in [2.75, 3.05) is 88.9 Å². The second-order valence-corrected chi connectivity index (χ2v) is 27.0. The molecule has 3 aromatic rings. The van der Waals surface area contributed by atoms with E-state index in [0.29, 0.717) is 22.1 Å². The summed E-state index contributed by atoms with van der Waals surface area (Å²) in [6, 6.07) is 17.2. The van der Waals surface area contributed by atoms with E-state index in [4.69, 9.17) is 30.0 Å². The number of nitrogens with zero attached hydrogens (tertiary/aromatic N) is 8. The average molecular weight is 1250 g/mol. The van der Waals surface area contributed by atoms with Gasteiger partial charge in [0.2, 0.25) is 0 Å². The number of aryl methyl sites for hydroxylation is 3. The first-order chi connectivity index (χ1) is 39.3. The van der Waals surface area contributed by atoms with Crippen molar-refractivity contribution < 1.29 is 63.0 Å². The molecule has 0 saturated carbocycles. The molecule has 3 rings (SSSR count). The molecule has 0 spiro atoms. The zero-order valence-corrected chi connectivity index (χ0v) is 55.8. The topological polar surface area (TPSA) is 197 Å². The summed E-state index contributed by atoms with van der Waals surface area (Å²) in [5.74, 6) is 2.67. The Morgan fingerprint density at radius 2 is 0.795 bits per heavy atom. The van der Waals surface area contributed by atoms with Crippen molar-refractivity contribution in [2.24, 2.45) is 12.2 Å². The molecule has 0 N–H and O–H groups in total. The van der Waals surface area contributed by atoms with Gasteiger partial charge in [0.15, 0.2) is 0 Å². The van der Waals surface area contributed by atoms with Crippen LogP contribution in [-0.2, 0) is 64.2 Å². The summed E-state index contributed by atoms with van der Waals surface area (Å²) in [6.07, 6.45) is 50.2. The standard InChI is InChI=1S/C32H57N4O4P.C31H54NO4P.CH3N3.Cu/c1-35-29-32(33-34-35)31-24-22-30(23-25-31)21-19-17-15-13-11-9-7-5-6-8-10-12-14-16-18-20-27-39-41(37,38)40-28-26-36(2,3)4;1-5-30-23-25-31(26-24-30)22-20-18-16-14-12-10-8-6-7-9-11-13-15-17-19-21-28-35-37(33,34)36-29-27-32(2,3)4;1-3-4-2;/h22-25,29H,5-21,26-28H2,1-4H3;1,23-26H,6-22,27-29H2,2-4H3;1H3;. The second-order valence-electron chi connectivity index (χ2n) is 24.2. The van der Waals surface area contributed by atoms with E-state index in [2.05, 4.69) is 62.7 Å². The van der Waals surface area contributed by atoms with Gasteiger partial charge in [-0.2, -0.15) is 0 Å². The van der Waals surface area contributed by atoms with Crippen LogP contribution in [0.25, 0.3) is 21.7 Å². The van der Waals surface area contributed by atoms with Crippen LogP contribution in [0.4, 0.5) is 0 Å².